The van der Waals surface area contributed by atoms with Gasteiger partial charge in [-0.25, -0.2) is 18.0 Å². The first-order chi connectivity index (χ1) is 25.3. The second-order valence-electron chi connectivity index (χ2n) is 14.3. The van der Waals surface area contributed by atoms with Crippen LogP contribution in [-0.2, 0) is 19.6 Å². The minimum atomic E-state index is -5.02. The van der Waals surface area contributed by atoms with Gasteiger partial charge in [-0.1, -0.05) is 147 Å². The van der Waals surface area contributed by atoms with Crippen molar-refractivity contribution < 1.29 is 83.4 Å². The molecule has 0 saturated carbocycles. The Balaban J connectivity index is 0.0000270. The Kier molecular flexibility index (Phi) is 36.2. The molecule has 1 rings (SSSR count). The average Bonchev–Trinajstić information content (AvgIpc) is 3.13. The zero-order chi connectivity index (χ0) is 38.0. The van der Waals surface area contributed by atoms with Gasteiger partial charge in [-0.15, -0.1) is 0 Å². The average molecular weight is 785 g/mol. The fraction of sp³-hybridized carbons (Fsp3) is 0.727. The first kappa shape index (κ1) is 52.2. The zero-order valence-electron chi connectivity index (χ0n) is 34.0. The molecule has 1 aromatic carbocycles. The summed E-state index contributed by atoms with van der Waals surface area (Å²) in [5.41, 5.74) is -0.808. The van der Waals surface area contributed by atoms with Crippen LogP contribution in [0.4, 0.5) is 0 Å². The third-order valence-electron chi connectivity index (χ3n) is 9.50. The third-order valence-corrected chi connectivity index (χ3v) is 10.4. The zero-order valence-corrected chi connectivity index (χ0v) is 38.0. The molecule has 1 aromatic rings. The van der Waals surface area contributed by atoms with Crippen LogP contribution >= 0.6 is 0 Å². The third kappa shape index (κ3) is 29.1. The van der Waals surface area contributed by atoms with E-state index in [4.69, 9.17) is 9.47 Å². The molecule has 0 bridgehead atoms. The first-order valence-corrected chi connectivity index (χ1v) is 22.5. The topological polar surface area (TPSA) is 110 Å². The van der Waals surface area contributed by atoms with Crippen molar-refractivity contribution in [3.05, 3.63) is 53.6 Å². The summed E-state index contributed by atoms with van der Waals surface area (Å²) in [5.74, 6) is -1.84. The quantitative estimate of drug-likeness (QED) is 0.0222. The molecule has 0 atom stereocenters. The maximum atomic E-state index is 13.0. The molecule has 0 heterocycles. The summed E-state index contributed by atoms with van der Waals surface area (Å²) in [4.78, 5) is 25.1. The molecule has 0 fully saturated rings. The van der Waals surface area contributed by atoms with Gasteiger partial charge >= 0.3 is 63.3 Å². The van der Waals surface area contributed by atoms with E-state index in [-0.39, 0.29) is 70.2 Å². The summed E-state index contributed by atoms with van der Waals surface area (Å²) in [5, 5.41) is 0. The van der Waals surface area contributed by atoms with Crippen molar-refractivity contribution in [1.29, 1.82) is 0 Å². The summed E-state index contributed by atoms with van der Waals surface area (Å²) < 4.78 is 46.6. The smallest absolute Gasteiger partial charge is 0.744 e. The number of unbranched alkanes of at least 4 members (excludes halogenated alkanes) is 24. The van der Waals surface area contributed by atoms with Crippen LogP contribution in [-0.4, -0.2) is 38.1 Å². The molecule has 7 nitrogen and oxygen atoms in total. The van der Waals surface area contributed by atoms with Crippen molar-refractivity contribution in [2.45, 2.75) is 199 Å². The number of carbonyl (C=O) groups excluding carboxylic acids is 2. The van der Waals surface area contributed by atoms with Crippen molar-refractivity contribution >= 4 is 22.1 Å². The van der Waals surface area contributed by atoms with E-state index < -0.39 is 32.5 Å². The van der Waals surface area contributed by atoms with E-state index in [9.17, 15) is 22.6 Å². The van der Waals surface area contributed by atoms with Gasteiger partial charge in [0, 0.05) is 0 Å². The summed E-state index contributed by atoms with van der Waals surface area (Å²) in [6.45, 7) is 4.70. The van der Waals surface area contributed by atoms with Crippen LogP contribution in [0.3, 0.4) is 0 Å². The Morgan fingerprint density at radius 1 is 0.528 bits per heavy atom. The van der Waals surface area contributed by atoms with E-state index in [1.807, 2.05) is 0 Å². The number of ether oxygens (including phenoxy) is 2. The largest absolute Gasteiger partial charge is 1.00 e. The Bertz CT molecular complexity index is 1210. The standard InChI is InChI=1S/C44H74O7S.K/c1-3-5-7-9-11-13-15-17-19-21-23-25-27-29-31-33-38-50-43(45)40-36-35-37-41(52(47,48)49)42(40)44(46)51-39-34-32-30-28-26-24-22-20-18-16-14-12-10-8-6-4-2;/h23-26,35-37H,3-22,27-34,38-39H2,1-2H3,(H,47,48,49);/q;+1/p-1/b25-23+,26-24+;. The second-order valence-corrected chi connectivity index (χ2v) is 15.6. The van der Waals surface area contributed by atoms with Gasteiger partial charge in [0.05, 0.1) is 29.2 Å². The van der Waals surface area contributed by atoms with Gasteiger partial charge < -0.3 is 14.0 Å². The monoisotopic (exact) mass is 784 g/mol. The summed E-state index contributed by atoms with van der Waals surface area (Å²) in [6, 6.07) is 3.59. The molecule has 0 N–H and O–H groups in total. The Labute approximate surface area is 367 Å². The van der Waals surface area contributed by atoms with Crippen LogP contribution < -0.4 is 51.4 Å². The van der Waals surface area contributed by atoms with E-state index in [1.54, 1.807) is 0 Å². The van der Waals surface area contributed by atoms with Crippen LogP contribution in [0, 0.1) is 0 Å². The van der Waals surface area contributed by atoms with Crippen molar-refractivity contribution in [2.75, 3.05) is 13.2 Å². The molecule has 0 saturated heterocycles. The number of esters is 2. The predicted molar refractivity (Wildman–Crippen MR) is 214 cm³/mol. The first-order valence-electron chi connectivity index (χ1n) is 21.1. The Morgan fingerprint density at radius 2 is 0.868 bits per heavy atom. The van der Waals surface area contributed by atoms with E-state index in [1.165, 1.54) is 128 Å². The summed E-state index contributed by atoms with van der Waals surface area (Å²) in [6.07, 6.45) is 41.9. The maximum Gasteiger partial charge on any atom is 1.00 e. The molecule has 53 heavy (non-hydrogen) atoms. The normalized spacial score (nSPS) is 11.7. The van der Waals surface area contributed by atoms with Gasteiger partial charge in [-0.2, -0.15) is 0 Å². The van der Waals surface area contributed by atoms with Crippen LogP contribution in [0.25, 0.3) is 0 Å². The molecule has 9 heteroatoms. The number of benzene rings is 1. The van der Waals surface area contributed by atoms with Gasteiger partial charge in [0.25, 0.3) is 0 Å². The van der Waals surface area contributed by atoms with Crippen LogP contribution in [0.1, 0.15) is 214 Å². The molecule has 0 aliphatic carbocycles. The molecule has 0 aliphatic heterocycles. The molecule has 0 unspecified atom stereocenters. The predicted octanol–water partition coefficient (Wildman–Crippen LogP) is 9.98. The molecular formula is C44H73KO7S. The van der Waals surface area contributed by atoms with Crippen LogP contribution in [0.15, 0.2) is 47.4 Å². The number of carbonyl (C=O) groups is 2. The van der Waals surface area contributed by atoms with E-state index in [0.717, 1.165) is 57.4 Å². The molecular weight excluding hydrogens is 712 g/mol. The van der Waals surface area contributed by atoms with Crippen molar-refractivity contribution in [1.82, 2.24) is 0 Å². The molecule has 0 amide bonds. The molecule has 0 aromatic heterocycles. The summed E-state index contributed by atoms with van der Waals surface area (Å²) in [7, 11) is -5.02. The van der Waals surface area contributed by atoms with Gasteiger partial charge in [-0.05, 0) is 89.2 Å². The van der Waals surface area contributed by atoms with E-state index >= 15 is 0 Å². The fourth-order valence-corrected chi connectivity index (χ4v) is 6.99. The molecule has 0 spiro atoms. The molecule has 298 valence electrons. The van der Waals surface area contributed by atoms with Crippen LogP contribution in [0.5, 0.6) is 0 Å². The number of hydrogen-bond donors (Lipinski definition) is 0. The van der Waals surface area contributed by atoms with Gasteiger partial charge in [0.15, 0.2) is 0 Å². The Hall–Kier alpha value is -0.814. The van der Waals surface area contributed by atoms with Gasteiger partial charge in [-0.3, -0.25) is 0 Å². The number of rotatable bonds is 35. The van der Waals surface area contributed by atoms with Crippen molar-refractivity contribution in [3.8, 4) is 0 Å². The fourth-order valence-electron chi connectivity index (χ4n) is 6.30. The molecule has 0 radical (unpaired) electrons. The van der Waals surface area contributed by atoms with Gasteiger partial charge in [0.1, 0.15) is 10.1 Å². The number of allylic oxidation sites excluding steroid dienone is 4. The minimum absolute atomic E-state index is 0. The summed E-state index contributed by atoms with van der Waals surface area (Å²) >= 11 is 0. The van der Waals surface area contributed by atoms with Crippen LogP contribution in [0.2, 0.25) is 0 Å². The maximum absolute atomic E-state index is 13.0. The Morgan fingerprint density at radius 3 is 1.25 bits per heavy atom. The minimum Gasteiger partial charge on any atom is -0.744 e. The van der Waals surface area contributed by atoms with E-state index in [0.29, 0.717) is 12.8 Å². The molecule has 0 aliphatic rings. The van der Waals surface area contributed by atoms with Crippen molar-refractivity contribution in [2.24, 2.45) is 0 Å². The second kappa shape index (κ2) is 36.8. The number of hydrogen-bond acceptors (Lipinski definition) is 7. The SMILES string of the molecule is CCCCCCCCCCC/C=C/CCCCCOC(=O)c1cccc(S(=O)(=O)[O-])c1C(=O)OCCCCC/C=C/CCCCCCCCCCC.[K+]. The van der Waals surface area contributed by atoms with Gasteiger partial charge in [0.2, 0.25) is 0 Å². The van der Waals surface area contributed by atoms with E-state index in [2.05, 4.69) is 38.2 Å². The van der Waals surface area contributed by atoms with Crippen molar-refractivity contribution in [3.63, 3.8) is 0 Å².